The third-order valence-corrected chi connectivity index (χ3v) is 4.89. The van der Waals surface area contributed by atoms with E-state index in [4.69, 9.17) is 14.2 Å². The molecule has 0 aliphatic carbocycles. The van der Waals surface area contributed by atoms with Gasteiger partial charge < -0.3 is 24.4 Å². The summed E-state index contributed by atoms with van der Waals surface area (Å²) in [5, 5.41) is 3.17. The molecule has 8 heteroatoms. The van der Waals surface area contributed by atoms with Crippen molar-refractivity contribution in [3.63, 3.8) is 0 Å². The highest BCUT2D eigenvalue weighted by Gasteiger charge is 2.22. The van der Waals surface area contributed by atoms with Crippen molar-refractivity contribution >= 4 is 17.4 Å². The van der Waals surface area contributed by atoms with Gasteiger partial charge in [0.25, 0.3) is 5.91 Å². The van der Waals surface area contributed by atoms with Crippen molar-refractivity contribution in [2.75, 3.05) is 39.7 Å². The van der Waals surface area contributed by atoms with E-state index in [1.807, 2.05) is 4.90 Å². The van der Waals surface area contributed by atoms with Gasteiger partial charge in [-0.15, -0.1) is 0 Å². The molecular formula is C20H26N4O4. The van der Waals surface area contributed by atoms with Crippen molar-refractivity contribution in [3.8, 4) is 17.2 Å². The summed E-state index contributed by atoms with van der Waals surface area (Å²) in [6.45, 7) is 3.74. The highest BCUT2D eigenvalue weighted by Crippen LogP contribution is 2.40. The van der Waals surface area contributed by atoms with E-state index >= 15 is 0 Å². The van der Waals surface area contributed by atoms with Gasteiger partial charge in [-0.25, -0.2) is 9.97 Å². The molecule has 1 aromatic carbocycles. The maximum Gasteiger partial charge on any atom is 0.272 e. The van der Waals surface area contributed by atoms with Gasteiger partial charge in [0.2, 0.25) is 5.75 Å². The van der Waals surface area contributed by atoms with Crippen LogP contribution in [0.1, 0.15) is 30.3 Å². The fraction of sp³-hybridized carbons (Fsp3) is 0.450. The average molecular weight is 386 g/mol. The molecule has 1 saturated heterocycles. The Kier molecular flexibility index (Phi) is 6.18. The lowest BCUT2D eigenvalue weighted by atomic mass is 9.99. The first kappa shape index (κ1) is 19.7. The molecular weight excluding hydrogens is 360 g/mol. The Morgan fingerprint density at radius 1 is 1.04 bits per heavy atom. The third kappa shape index (κ3) is 4.27. The number of ether oxygens (including phenoxy) is 3. The van der Waals surface area contributed by atoms with E-state index in [0.29, 0.717) is 40.4 Å². The van der Waals surface area contributed by atoms with E-state index in [-0.39, 0.29) is 5.91 Å². The molecule has 28 heavy (non-hydrogen) atoms. The van der Waals surface area contributed by atoms with Crippen molar-refractivity contribution in [2.45, 2.75) is 19.8 Å². The van der Waals surface area contributed by atoms with Crippen LogP contribution in [0.25, 0.3) is 0 Å². The molecule has 1 aromatic heterocycles. The first-order chi connectivity index (χ1) is 13.5. The van der Waals surface area contributed by atoms with Crippen LogP contribution in [0.2, 0.25) is 0 Å². The van der Waals surface area contributed by atoms with Crippen LogP contribution >= 0.6 is 0 Å². The number of amides is 1. The lowest BCUT2D eigenvalue weighted by molar-refractivity contribution is 0.0691. The second kappa shape index (κ2) is 8.77. The third-order valence-electron chi connectivity index (χ3n) is 4.89. The Balaban J connectivity index is 1.80. The Bertz CT molecular complexity index is 810. The van der Waals surface area contributed by atoms with Crippen molar-refractivity contribution in [2.24, 2.45) is 5.92 Å². The molecule has 1 aliphatic rings. The fourth-order valence-electron chi connectivity index (χ4n) is 3.22. The molecule has 1 N–H and O–H groups in total. The van der Waals surface area contributed by atoms with E-state index < -0.39 is 0 Å². The van der Waals surface area contributed by atoms with Crippen molar-refractivity contribution in [3.05, 3.63) is 30.2 Å². The summed E-state index contributed by atoms with van der Waals surface area (Å²) in [7, 11) is 4.67. The van der Waals surface area contributed by atoms with Gasteiger partial charge in [-0.05, 0) is 18.8 Å². The van der Waals surface area contributed by atoms with Crippen LogP contribution in [0.5, 0.6) is 17.2 Å². The normalized spacial score (nSPS) is 14.5. The van der Waals surface area contributed by atoms with E-state index in [0.717, 1.165) is 25.9 Å². The maximum absolute atomic E-state index is 12.7. The molecule has 0 saturated carbocycles. The zero-order valence-electron chi connectivity index (χ0n) is 16.7. The Morgan fingerprint density at radius 3 is 2.25 bits per heavy atom. The molecule has 1 amide bonds. The minimum atomic E-state index is -0.0674. The number of nitrogens with zero attached hydrogens (tertiary/aromatic N) is 3. The van der Waals surface area contributed by atoms with E-state index in [1.165, 1.54) is 6.33 Å². The number of carbonyl (C=O) groups is 1. The second-order valence-corrected chi connectivity index (χ2v) is 6.80. The smallest absolute Gasteiger partial charge is 0.272 e. The summed E-state index contributed by atoms with van der Waals surface area (Å²) >= 11 is 0. The first-order valence-corrected chi connectivity index (χ1v) is 9.24. The van der Waals surface area contributed by atoms with Crippen LogP contribution < -0.4 is 19.5 Å². The Morgan fingerprint density at radius 2 is 1.68 bits per heavy atom. The van der Waals surface area contributed by atoms with Crippen LogP contribution in [0.15, 0.2) is 24.5 Å². The highest BCUT2D eigenvalue weighted by molar-refractivity contribution is 5.93. The number of likely N-dealkylation sites (tertiary alicyclic amines) is 1. The molecule has 0 spiro atoms. The van der Waals surface area contributed by atoms with Crippen LogP contribution in [0, 0.1) is 5.92 Å². The van der Waals surface area contributed by atoms with Gasteiger partial charge >= 0.3 is 0 Å². The number of methoxy groups -OCH3 is 3. The molecule has 0 bridgehead atoms. The van der Waals surface area contributed by atoms with Gasteiger partial charge in [0, 0.05) is 37.0 Å². The lowest BCUT2D eigenvalue weighted by Gasteiger charge is -2.30. The van der Waals surface area contributed by atoms with E-state index in [1.54, 1.807) is 39.5 Å². The average Bonchev–Trinajstić information content (AvgIpc) is 2.73. The standard InChI is InChI=1S/C20H26N4O4/c1-13-5-7-24(8-6-13)20(25)15-11-18(22-12-21-15)23-14-9-16(26-2)19(28-4)17(10-14)27-3/h9-13H,5-8H2,1-4H3,(H,21,22,23). The molecule has 150 valence electrons. The zero-order chi connectivity index (χ0) is 20.1. The van der Waals surface area contributed by atoms with Gasteiger partial charge in [-0.2, -0.15) is 0 Å². The van der Waals surface area contributed by atoms with E-state index in [9.17, 15) is 4.79 Å². The summed E-state index contributed by atoms with van der Waals surface area (Å²) in [6, 6.07) is 5.21. The van der Waals surface area contributed by atoms with Gasteiger partial charge in [0.05, 0.1) is 21.3 Å². The van der Waals surface area contributed by atoms with Crippen LogP contribution in [-0.4, -0.2) is 55.2 Å². The van der Waals surface area contributed by atoms with Gasteiger partial charge in [0.15, 0.2) is 11.5 Å². The summed E-state index contributed by atoms with van der Waals surface area (Å²) in [5.41, 5.74) is 1.07. The van der Waals surface area contributed by atoms with Crippen molar-refractivity contribution in [1.29, 1.82) is 0 Å². The summed E-state index contributed by atoms with van der Waals surface area (Å²) in [5.74, 6) is 2.66. The number of hydrogen-bond acceptors (Lipinski definition) is 7. The summed E-state index contributed by atoms with van der Waals surface area (Å²) in [4.78, 5) is 23.0. The van der Waals surface area contributed by atoms with Gasteiger partial charge in [-0.1, -0.05) is 6.92 Å². The second-order valence-electron chi connectivity index (χ2n) is 6.80. The fourth-order valence-corrected chi connectivity index (χ4v) is 3.22. The number of nitrogens with one attached hydrogen (secondary N) is 1. The molecule has 8 nitrogen and oxygen atoms in total. The predicted octanol–water partition coefficient (Wildman–Crippen LogP) is 3.12. The van der Waals surface area contributed by atoms with Crippen molar-refractivity contribution < 1.29 is 19.0 Å². The number of hydrogen-bond donors (Lipinski definition) is 1. The molecule has 0 atom stereocenters. The van der Waals surface area contributed by atoms with Crippen molar-refractivity contribution in [1.82, 2.24) is 14.9 Å². The number of carbonyl (C=O) groups excluding carboxylic acids is 1. The number of benzene rings is 1. The first-order valence-electron chi connectivity index (χ1n) is 9.24. The quantitative estimate of drug-likeness (QED) is 0.816. The SMILES string of the molecule is COc1cc(Nc2cc(C(=O)N3CCC(C)CC3)ncn2)cc(OC)c1OC. The van der Waals surface area contributed by atoms with Crippen LogP contribution in [-0.2, 0) is 0 Å². The summed E-state index contributed by atoms with van der Waals surface area (Å²) < 4.78 is 16.1. The molecule has 2 heterocycles. The molecule has 0 radical (unpaired) electrons. The Labute approximate surface area is 164 Å². The van der Waals surface area contributed by atoms with Crippen LogP contribution in [0.4, 0.5) is 11.5 Å². The largest absolute Gasteiger partial charge is 0.493 e. The minimum Gasteiger partial charge on any atom is -0.493 e. The highest BCUT2D eigenvalue weighted by atomic mass is 16.5. The topological polar surface area (TPSA) is 85.8 Å². The molecule has 1 fully saturated rings. The Hall–Kier alpha value is -3.03. The molecule has 0 unspecified atom stereocenters. The van der Waals surface area contributed by atoms with E-state index in [2.05, 4.69) is 22.2 Å². The predicted molar refractivity (Wildman–Crippen MR) is 106 cm³/mol. The zero-order valence-corrected chi connectivity index (χ0v) is 16.7. The van der Waals surface area contributed by atoms with Gasteiger partial charge in [-0.3, -0.25) is 4.79 Å². The monoisotopic (exact) mass is 386 g/mol. The number of aromatic nitrogens is 2. The lowest BCUT2D eigenvalue weighted by Crippen LogP contribution is -2.38. The number of rotatable bonds is 6. The molecule has 3 rings (SSSR count). The minimum absolute atomic E-state index is 0.0674. The number of anilines is 2. The van der Waals surface area contributed by atoms with Gasteiger partial charge in [0.1, 0.15) is 17.8 Å². The van der Waals surface area contributed by atoms with Crippen LogP contribution in [0.3, 0.4) is 0 Å². The summed E-state index contributed by atoms with van der Waals surface area (Å²) in [6.07, 6.45) is 3.43. The number of piperidine rings is 1. The molecule has 1 aliphatic heterocycles. The molecule has 2 aromatic rings. The maximum atomic E-state index is 12.7.